The second-order valence-corrected chi connectivity index (χ2v) is 7.37. The predicted octanol–water partition coefficient (Wildman–Crippen LogP) is 3.82. The van der Waals surface area contributed by atoms with E-state index in [1.807, 2.05) is 37.1 Å². The molecular formula is C21H34N2O2. The van der Waals surface area contributed by atoms with Crippen LogP contribution < -0.4 is 10.1 Å². The van der Waals surface area contributed by atoms with E-state index in [1.54, 1.807) is 0 Å². The van der Waals surface area contributed by atoms with Crippen molar-refractivity contribution < 1.29 is 9.53 Å². The quantitative estimate of drug-likeness (QED) is 0.778. The van der Waals surface area contributed by atoms with Crippen LogP contribution >= 0.6 is 0 Å². The van der Waals surface area contributed by atoms with Gasteiger partial charge in [-0.1, -0.05) is 39.0 Å². The summed E-state index contributed by atoms with van der Waals surface area (Å²) in [5.74, 6) is 2.11. The molecule has 1 aliphatic rings. The Bertz CT molecular complexity index is 536. The number of hydrogen-bond acceptors (Lipinski definition) is 3. The summed E-state index contributed by atoms with van der Waals surface area (Å²) < 4.78 is 6.16. The average molecular weight is 347 g/mol. The van der Waals surface area contributed by atoms with Crippen LogP contribution in [-0.2, 0) is 4.79 Å². The summed E-state index contributed by atoms with van der Waals surface area (Å²) in [7, 11) is 2.00. The van der Waals surface area contributed by atoms with Gasteiger partial charge in [0.15, 0.2) is 6.10 Å². The summed E-state index contributed by atoms with van der Waals surface area (Å²) in [5, 5.41) is 3.22. The molecule has 0 aromatic heterocycles. The van der Waals surface area contributed by atoms with Crippen molar-refractivity contribution in [3.63, 3.8) is 0 Å². The molecule has 1 heterocycles. The van der Waals surface area contributed by atoms with Gasteiger partial charge in [-0.2, -0.15) is 0 Å². The first-order chi connectivity index (χ1) is 12.1. The maximum atomic E-state index is 12.9. The van der Waals surface area contributed by atoms with Crippen LogP contribution in [0.3, 0.4) is 0 Å². The van der Waals surface area contributed by atoms with Gasteiger partial charge < -0.3 is 15.0 Å². The van der Waals surface area contributed by atoms with E-state index in [2.05, 4.69) is 25.2 Å². The van der Waals surface area contributed by atoms with Gasteiger partial charge in [-0.25, -0.2) is 0 Å². The predicted molar refractivity (Wildman–Crippen MR) is 103 cm³/mol. The zero-order valence-electron chi connectivity index (χ0n) is 16.3. The lowest BCUT2D eigenvalue weighted by molar-refractivity contribution is -0.140. The first kappa shape index (κ1) is 19.8. The van der Waals surface area contributed by atoms with Gasteiger partial charge in [-0.15, -0.1) is 0 Å². The number of nitrogens with zero attached hydrogens (tertiary/aromatic N) is 1. The van der Waals surface area contributed by atoms with Gasteiger partial charge in [-0.3, -0.25) is 4.79 Å². The highest BCUT2D eigenvalue weighted by Crippen LogP contribution is 2.28. The van der Waals surface area contributed by atoms with Crippen LogP contribution in [-0.4, -0.2) is 43.6 Å². The molecule has 140 valence electrons. The van der Waals surface area contributed by atoms with Gasteiger partial charge in [0.25, 0.3) is 5.91 Å². The number of likely N-dealkylation sites (tertiary alicyclic amines) is 1. The third-order valence-electron chi connectivity index (χ3n) is 5.19. The van der Waals surface area contributed by atoms with Crippen molar-refractivity contribution in [1.29, 1.82) is 0 Å². The van der Waals surface area contributed by atoms with Crippen molar-refractivity contribution in [2.45, 2.75) is 58.5 Å². The van der Waals surface area contributed by atoms with Crippen molar-refractivity contribution in [3.8, 4) is 5.75 Å². The second-order valence-electron chi connectivity index (χ2n) is 7.37. The van der Waals surface area contributed by atoms with E-state index in [-0.39, 0.29) is 12.0 Å². The Morgan fingerprint density at radius 1 is 1.28 bits per heavy atom. The Hall–Kier alpha value is -1.55. The molecule has 4 nitrogen and oxygen atoms in total. The number of piperidine rings is 1. The Kier molecular flexibility index (Phi) is 7.76. The molecule has 4 heteroatoms. The fourth-order valence-electron chi connectivity index (χ4n) is 3.52. The highest BCUT2D eigenvalue weighted by Gasteiger charge is 2.29. The Balaban J connectivity index is 1.96. The molecule has 1 unspecified atom stereocenters. The van der Waals surface area contributed by atoms with Crippen molar-refractivity contribution in [3.05, 3.63) is 29.8 Å². The number of carbonyl (C=O) groups excluding carboxylic acids is 1. The standard InChI is InChI=1S/C21H34N2O2/c1-5-19(25-20-9-7-6-8-18(20)16(2)3)21(24)23-14-11-17(12-15-23)10-13-22-4/h6-9,16-17,19,22H,5,10-15H2,1-4H3. The summed E-state index contributed by atoms with van der Waals surface area (Å²) in [5.41, 5.74) is 1.17. The third kappa shape index (κ3) is 5.46. The molecule has 1 atom stereocenters. The molecule has 1 fully saturated rings. The van der Waals surface area contributed by atoms with Gasteiger partial charge >= 0.3 is 0 Å². The molecule has 0 radical (unpaired) electrons. The fraction of sp³-hybridized carbons (Fsp3) is 0.667. The number of benzene rings is 1. The van der Waals surface area contributed by atoms with Crippen LogP contribution in [0.5, 0.6) is 5.75 Å². The summed E-state index contributed by atoms with van der Waals surface area (Å²) >= 11 is 0. The first-order valence-electron chi connectivity index (χ1n) is 9.75. The topological polar surface area (TPSA) is 41.6 Å². The van der Waals surface area contributed by atoms with Crippen LogP contribution in [0.2, 0.25) is 0 Å². The molecule has 0 bridgehead atoms. The van der Waals surface area contributed by atoms with Gasteiger partial charge in [0.2, 0.25) is 0 Å². The molecule has 1 aromatic rings. The minimum Gasteiger partial charge on any atom is -0.480 e. The molecule has 0 spiro atoms. The first-order valence-corrected chi connectivity index (χ1v) is 9.75. The highest BCUT2D eigenvalue weighted by atomic mass is 16.5. The molecule has 25 heavy (non-hydrogen) atoms. The van der Waals surface area contributed by atoms with Crippen molar-refractivity contribution in [2.75, 3.05) is 26.7 Å². The molecule has 0 aliphatic carbocycles. The van der Waals surface area contributed by atoms with Crippen molar-refractivity contribution in [2.24, 2.45) is 5.92 Å². The number of carbonyl (C=O) groups is 1. The maximum Gasteiger partial charge on any atom is 0.263 e. The monoisotopic (exact) mass is 346 g/mol. The summed E-state index contributed by atoms with van der Waals surface area (Å²) in [6.45, 7) is 9.12. The minimum atomic E-state index is -0.381. The Morgan fingerprint density at radius 3 is 2.56 bits per heavy atom. The molecule has 2 rings (SSSR count). The number of para-hydroxylation sites is 1. The summed E-state index contributed by atoms with van der Waals surface area (Å²) in [6.07, 6.45) is 3.73. The van der Waals surface area contributed by atoms with E-state index in [4.69, 9.17) is 4.74 Å². The molecule has 1 aromatic carbocycles. The second kappa shape index (κ2) is 9.81. The van der Waals surface area contributed by atoms with Crippen LogP contribution in [0.25, 0.3) is 0 Å². The molecule has 0 saturated carbocycles. The number of nitrogens with one attached hydrogen (secondary N) is 1. The maximum absolute atomic E-state index is 12.9. The van der Waals surface area contributed by atoms with E-state index in [0.717, 1.165) is 44.1 Å². The fourth-order valence-corrected chi connectivity index (χ4v) is 3.52. The Labute approximate surface area is 152 Å². The SMILES string of the molecule is CCC(Oc1ccccc1C(C)C)C(=O)N1CCC(CCNC)CC1. The summed E-state index contributed by atoms with van der Waals surface area (Å²) in [6, 6.07) is 8.08. The van der Waals surface area contributed by atoms with Crippen LogP contribution in [0.4, 0.5) is 0 Å². The lowest BCUT2D eigenvalue weighted by atomic mass is 9.93. The van der Waals surface area contributed by atoms with Gasteiger partial charge in [0, 0.05) is 13.1 Å². The molecule has 1 amide bonds. The minimum absolute atomic E-state index is 0.146. The zero-order valence-corrected chi connectivity index (χ0v) is 16.3. The van der Waals surface area contributed by atoms with E-state index >= 15 is 0 Å². The molecular weight excluding hydrogens is 312 g/mol. The molecule has 1 aliphatic heterocycles. The van der Waals surface area contributed by atoms with E-state index in [9.17, 15) is 4.79 Å². The van der Waals surface area contributed by atoms with Crippen molar-refractivity contribution in [1.82, 2.24) is 10.2 Å². The van der Waals surface area contributed by atoms with Crippen LogP contribution in [0.1, 0.15) is 57.9 Å². The normalized spacial score (nSPS) is 16.9. The van der Waals surface area contributed by atoms with Gasteiger partial charge in [0.1, 0.15) is 5.75 Å². The summed E-state index contributed by atoms with van der Waals surface area (Å²) in [4.78, 5) is 14.9. The van der Waals surface area contributed by atoms with Crippen LogP contribution in [0.15, 0.2) is 24.3 Å². The van der Waals surface area contributed by atoms with Gasteiger partial charge in [-0.05, 0) is 62.7 Å². The number of hydrogen-bond donors (Lipinski definition) is 1. The molecule has 1 N–H and O–H groups in total. The number of rotatable bonds is 8. The Morgan fingerprint density at radius 2 is 1.96 bits per heavy atom. The van der Waals surface area contributed by atoms with Gasteiger partial charge in [0.05, 0.1) is 0 Å². The highest BCUT2D eigenvalue weighted by molar-refractivity contribution is 5.81. The van der Waals surface area contributed by atoms with E-state index < -0.39 is 0 Å². The lowest BCUT2D eigenvalue weighted by Gasteiger charge is -2.34. The smallest absolute Gasteiger partial charge is 0.263 e. The lowest BCUT2D eigenvalue weighted by Crippen LogP contribution is -2.46. The largest absolute Gasteiger partial charge is 0.480 e. The van der Waals surface area contributed by atoms with Crippen molar-refractivity contribution >= 4 is 5.91 Å². The van der Waals surface area contributed by atoms with E-state index in [1.165, 1.54) is 12.0 Å². The third-order valence-corrected chi connectivity index (χ3v) is 5.19. The molecule has 1 saturated heterocycles. The van der Waals surface area contributed by atoms with Crippen LogP contribution in [0, 0.1) is 5.92 Å². The van der Waals surface area contributed by atoms with E-state index in [0.29, 0.717) is 12.3 Å². The number of amides is 1. The average Bonchev–Trinajstić information content (AvgIpc) is 2.64. The zero-order chi connectivity index (χ0) is 18.2. The number of ether oxygens (including phenoxy) is 1.